The third-order valence-electron chi connectivity index (χ3n) is 4.94. The van der Waals surface area contributed by atoms with E-state index in [-0.39, 0.29) is 24.6 Å². The molecule has 2 rings (SSSR count). The van der Waals surface area contributed by atoms with Crippen molar-refractivity contribution in [3.05, 3.63) is 35.4 Å². The van der Waals surface area contributed by atoms with E-state index in [4.69, 9.17) is 14.6 Å². The van der Waals surface area contributed by atoms with Crippen LogP contribution in [0.15, 0.2) is 24.3 Å². The maximum Gasteiger partial charge on any atom is 0.490 e. The van der Waals surface area contributed by atoms with E-state index < -0.39 is 22.2 Å². The highest BCUT2D eigenvalue weighted by molar-refractivity contribution is 7.89. The van der Waals surface area contributed by atoms with Crippen LogP contribution in [0.2, 0.25) is 0 Å². The molecule has 0 bridgehead atoms. The summed E-state index contributed by atoms with van der Waals surface area (Å²) in [4.78, 5) is 23.3. The molecule has 1 heterocycles. The quantitative estimate of drug-likeness (QED) is 0.455. The Labute approximate surface area is 197 Å². The van der Waals surface area contributed by atoms with Gasteiger partial charge in [0.15, 0.2) is 0 Å². The van der Waals surface area contributed by atoms with Crippen LogP contribution in [0, 0.1) is 6.92 Å². The number of nitrogens with one attached hydrogen (secondary N) is 1. The molecular weight excluding hydrogens is 479 g/mol. The summed E-state index contributed by atoms with van der Waals surface area (Å²) in [6.07, 6.45) is -4.12. The van der Waals surface area contributed by atoms with Crippen LogP contribution in [-0.4, -0.2) is 99.5 Å². The number of aryl methyl sites for hydroxylation is 1. The minimum atomic E-state index is -5.08. The minimum absolute atomic E-state index is 0.0420. The fraction of sp³-hybridized carbons (Fsp3) is 0.619. The zero-order chi connectivity index (χ0) is 25.8. The Morgan fingerprint density at radius 3 is 2.21 bits per heavy atom. The summed E-state index contributed by atoms with van der Waals surface area (Å²) in [5.41, 5.74) is 2.08. The number of sulfonamides is 1. The zero-order valence-corrected chi connectivity index (χ0v) is 20.1. The van der Waals surface area contributed by atoms with Gasteiger partial charge in [0.1, 0.15) is 0 Å². The number of carbonyl (C=O) groups is 2. The second-order valence-electron chi connectivity index (χ2n) is 7.66. The van der Waals surface area contributed by atoms with E-state index in [1.165, 1.54) is 4.31 Å². The largest absolute Gasteiger partial charge is 0.490 e. The summed E-state index contributed by atoms with van der Waals surface area (Å²) < 4.78 is 63.5. The number of methoxy groups -OCH3 is 1. The molecule has 0 aliphatic carbocycles. The highest BCUT2D eigenvalue weighted by atomic mass is 32.2. The number of nitrogens with zero attached hydrogens (tertiary/aromatic N) is 2. The molecule has 0 aromatic heterocycles. The fourth-order valence-corrected chi connectivity index (χ4v) is 4.48. The number of rotatable bonds is 10. The molecule has 1 fully saturated rings. The van der Waals surface area contributed by atoms with Crippen LogP contribution in [0.1, 0.15) is 17.5 Å². The molecule has 1 saturated heterocycles. The van der Waals surface area contributed by atoms with Gasteiger partial charge in [0.05, 0.1) is 12.2 Å². The molecule has 0 saturated carbocycles. The molecule has 194 valence electrons. The summed E-state index contributed by atoms with van der Waals surface area (Å²) >= 11 is 0. The normalized spacial score (nSPS) is 14.7. The number of carboxylic acid groups (broad SMARTS) is 1. The van der Waals surface area contributed by atoms with Crippen molar-refractivity contribution in [2.75, 3.05) is 58.7 Å². The van der Waals surface area contributed by atoms with Gasteiger partial charge in [0.25, 0.3) is 0 Å². The predicted octanol–water partition coefficient (Wildman–Crippen LogP) is 1.27. The second-order valence-corrected chi connectivity index (χ2v) is 9.75. The second kappa shape index (κ2) is 14.2. The Balaban J connectivity index is 0.000000718. The highest BCUT2D eigenvalue weighted by Gasteiger charge is 2.38. The van der Waals surface area contributed by atoms with Crippen molar-refractivity contribution < 1.29 is 41.0 Å². The van der Waals surface area contributed by atoms with Crippen molar-refractivity contribution in [2.24, 2.45) is 0 Å². The Morgan fingerprint density at radius 1 is 1.15 bits per heavy atom. The first-order chi connectivity index (χ1) is 15.9. The molecule has 0 spiro atoms. The number of carboxylic acids is 1. The molecule has 13 heteroatoms. The molecule has 0 unspecified atom stereocenters. The van der Waals surface area contributed by atoms with E-state index in [9.17, 15) is 26.4 Å². The van der Waals surface area contributed by atoms with Gasteiger partial charge < -0.3 is 20.1 Å². The summed E-state index contributed by atoms with van der Waals surface area (Å²) in [5.74, 6) is -2.85. The van der Waals surface area contributed by atoms with E-state index in [2.05, 4.69) is 5.32 Å². The lowest BCUT2D eigenvalue weighted by atomic mass is 10.1. The number of benzene rings is 1. The van der Waals surface area contributed by atoms with Crippen LogP contribution in [-0.2, 0) is 30.8 Å². The lowest BCUT2D eigenvalue weighted by Gasteiger charge is -2.28. The van der Waals surface area contributed by atoms with Gasteiger partial charge in [-0.3, -0.25) is 4.79 Å². The third kappa shape index (κ3) is 11.3. The molecule has 1 aliphatic rings. The number of hydrogen-bond acceptors (Lipinski definition) is 6. The summed E-state index contributed by atoms with van der Waals surface area (Å²) in [7, 11) is -1.73. The van der Waals surface area contributed by atoms with Crippen LogP contribution in [0.25, 0.3) is 0 Å². The maximum atomic E-state index is 12.8. The summed E-state index contributed by atoms with van der Waals surface area (Å²) in [6, 6.07) is 7.84. The number of piperazine rings is 1. The Bertz CT molecular complexity index is 873. The fourth-order valence-electron chi connectivity index (χ4n) is 3.03. The summed E-state index contributed by atoms with van der Waals surface area (Å²) in [5, 5.41) is 10.3. The predicted molar refractivity (Wildman–Crippen MR) is 120 cm³/mol. The van der Waals surface area contributed by atoms with E-state index in [0.29, 0.717) is 45.8 Å². The maximum absolute atomic E-state index is 12.8. The van der Waals surface area contributed by atoms with Gasteiger partial charge in [-0.1, -0.05) is 29.8 Å². The Hall–Kier alpha value is -2.22. The van der Waals surface area contributed by atoms with Gasteiger partial charge in [-0.2, -0.15) is 17.5 Å². The molecule has 1 aromatic carbocycles. The number of ether oxygens (including phenoxy) is 1. The van der Waals surface area contributed by atoms with Crippen molar-refractivity contribution in [1.82, 2.24) is 14.5 Å². The number of hydrogen-bond donors (Lipinski definition) is 2. The number of carbonyl (C=O) groups excluding carboxylic acids is 1. The van der Waals surface area contributed by atoms with Crippen molar-refractivity contribution >= 4 is 21.9 Å². The molecular formula is C21H32F3N3O6S. The molecule has 2 N–H and O–H groups in total. The standard InChI is InChI=1S/C19H31N3O4S.C2HF3O2/c1-17-4-6-18(7-5-17)16-19(23)21(10-3-14-26-2)13-15-27(24,25)22-11-8-20-9-12-22;3-2(4,5)1(6)7/h4-7,20H,3,8-16H2,1-2H3;(H,6,7). The van der Waals surface area contributed by atoms with Crippen molar-refractivity contribution in [3.8, 4) is 0 Å². The third-order valence-corrected chi connectivity index (χ3v) is 6.79. The average Bonchev–Trinajstić information content (AvgIpc) is 2.78. The van der Waals surface area contributed by atoms with Crippen LogP contribution < -0.4 is 5.32 Å². The SMILES string of the molecule is COCCCN(CCS(=O)(=O)N1CCNCC1)C(=O)Cc1ccc(C)cc1.O=C(O)C(F)(F)F. The van der Waals surface area contributed by atoms with Gasteiger partial charge in [0.2, 0.25) is 15.9 Å². The van der Waals surface area contributed by atoms with Crippen molar-refractivity contribution in [3.63, 3.8) is 0 Å². The first kappa shape index (κ1) is 29.8. The number of amides is 1. The van der Waals surface area contributed by atoms with Gasteiger partial charge in [-0.25, -0.2) is 13.2 Å². The number of alkyl halides is 3. The lowest BCUT2D eigenvalue weighted by Crippen LogP contribution is -2.48. The Kier molecular flexibility index (Phi) is 12.5. The van der Waals surface area contributed by atoms with Crippen LogP contribution in [0.3, 0.4) is 0 Å². The van der Waals surface area contributed by atoms with Gasteiger partial charge >= 0.3 is 12.1 Å². The molecule has 1 aliphatic heterocycles. The van der Waals surface area contributed by atoms with E-state index in [0.717, 1.165) is 11.1 Å². The van der Waals surface area contributed by atoms with Gasteiger partial charge in [-0.15, -0.1) is 0 Å². The van der Waals surface area contributed by atoms with Crippen LogP contribution >= 0.6 is 0 Å². The van der Waals surface area contributed by atoms with E-state index in [1.54, 1.807) is 12.0 Å². The molecule has 0 radical (unpaired) electrons. The first-order valence-electron chi connectivity index (χ1n) is 10.7. The monoisotopic (exact) mass is 511 g/mol. The van der Waals surface area contributed by atoms with Gasteiger partial charge in [-0.05, 0) is 18.9 Å². The Morgan fingerprint density at radius 2 is 1.71 bits per heavy atom. The van der Waals surface area contributed by atoms with E-state index >= 15 is 0 Å². The van der Waals surface area contributed by atoms with E-state index in [1.807, 2.05) is 31.2 Å². The van der Waals surface area contributed by atoms with Crippen LogP contribution in [0.5, 0.6) is 0 Å². The smallest absolute Gasteiger partial charge is 0.475 e. The highest BCUT2D eigenvalue weighted by Crippen LogP contribution is 2.13. The van der Waals surface area contributed by atoms with Crippen molar-refractivity contribution in [1.29, 1.82) is 0 Å². The van der Waals surface area contributed by atoms with Crippen molar-refractivity contribution in [2.45, 2.75) is 25.9 Å². The zero-order valence-electron chi connectivity index (χ0n) is 19.3. The molecule has 1 aromatic rings. The molecule has 9 nitrogen and oxygen atoms in total. The topological polar surface area (TPSA) is 116 Å². The summed E-state index contributed by atoms with van der Waals surface area (Å²) in [6.45, 7) is 5.57. The number of aliphatic carboxylic acids is 1. The minimum Gasteiger partial charge on any atom is -0.475 e. The lowest BCUT2D eigenvalue weighted by molar-refractivity contribution is -0.192. The molecule has 0 atom stereocenters. The van der Waals surface area contributed by atoms with Crippen LogP contribution in [0.4, 0.5) is 13.2 Å². The molecule has 1 amide bonds. The first-order valence-corrected chi connectivity index (χ1v) is 12.3. The number of halogens is 3. The van der Waals surface area contributed by atoms with Gasteiger partial charge in [0, 0.05) is 53.0 Å². The average molecular weight is 512 g/mol. The molecule has 34 heavy (non-hydrogen) atoms.